The summed E-state index contributed by atoms with van der Waals surface area (Å²) >= 11 is 0. The number of amides is 1. The minimum atomic E-state index is -0.105. The zero-order valence-electron chi connectivity index (χ0n) is 10.3. The molecule has 1 amide bonds. The van der Waals surface area contributed by atoms with E-state index in [4.69, 9.17) is 10.00 Å². The molecule has 0 saturated carbocycles. The van der Waals surface area contributed by atoms with E-state index >= 15 is 0 Å². The summed E-state index contributed by atoms with van der Waals surface area (Å²) in [4.78, 5) is 17.9. The minimum Gasteiger partial charge on any atom is -0.381 e. The van der Waals surface area contributed by atoms with Crippen molar-refractivity contribution in [2.24, 2.45) is 0 Å². The summed E-state index contributed by atoms with van der Waals surface area (Å²) in [5, 5.41) is 8.68. The first kappa shape index (κ1) is 12.5. The molecule has 0 unspecified atom stereocenters. The van der Waals surface area contributed by atoms with Crippen LogP contribution in [-0.2, 0) is 4.74 Å². The first-order chi connectivity index (χ1) is 8.72. The first-order valence-corrected chi connectivity index (χ1v) is 5.93. The van der Waals surface area contributed by atoms with E-state index in [2.05, 4.69) is 4.98 Å². The molecule has 0 radical (unpaired) electrons. The molecule has 2 rings (SSSR count). The highest BCUT2D eigenvalue weighted by molar-refractivity contribution is 5.92. The van der Waals surface area contributed by atoms with E-state index in [0.717, 1.165) is 12.8 Å². The third kappa shape index (κ3) is 2.66. The van der Waals surface area contributed by atoms with E-state index in [1.807, 2.05) is 6.07 Å². The number of pyridine rings is 1. The van der Waals surface area contributed by atoms with Crippen LogP contribution in [0.1, 0.15) is 28.9 Å². The van der Waals surface area contributed by atoms with Crippen molar-refractivity contribution < 1.29 is 9.53 Å². The lowest BCUT2D eigenvalue weighted by Crippen LogP contribution is -2.40. The zero-order valence-corrected chi connectivity index (χ0v) is 10.3. The Kier molecular flexibility index (Phi) is 3.90. The summed E-state index contributed by atoms with van der Waals surface area (Å²) in [6.07, 6.45) is 3.14. The summed E-state index contributed by atoms with van der Waals surface area (Å²) in [5.41, 5.74) is 0.836. The molecule has 0 spiro atoms. The molecule has 5 nitrogen and oxygen atoms in total. The molecule has 2 heterocycles. The van der Waals surface area contributed by atoms with Gasteiger partial charge in [-0.2, -0.15) is 5.26 Å². The molecule has 0 N–H and O–H groups in total. The molecule has 18 heavy (non-hydrogen) atoms. The molecular weight excluding hydrogens is 230 g/mol. The number of hydrogen-bond donors (Lipinski definition) is 0. The highest BCUT2D eigenvalue weighted by atomic mass is 16.5. The van der Waals surface area contributed by atoms with Crippen LogP contribution in [0.25, 0.3) is 0 Å². The second-order valence-electron chi connectivity index (χ2n) is 4.30. The second-order valence-corrected chi connectivity index (χ2v) is 4.30. The van der Waals surface area contributed by atoms with Crippen molar-refractivity contribution in [1.82, 2.24) is 9.88 Å². The van der Waals surface area contributed by atoms with Crippen LogP contribution in [0.15, 0.2) is 18.3 Å². The average molecular weight is 245 g/mol. The molecule has 0 bridgehead atoms. The third-order valence-electron chi connectivity index (χ3n) is 3.17. The van der Waals surface area contributed by atoms with Crippen molar-refractivity contribution >= 4 is 5.91 Å². The van der Waals surface area contributed by atoms with Gasteiger partial charge in [0.1, 0.15) is 11.8 Å². The Balaban J connectivity index is 2.07. The van der Waals surface area contributed by atoms with E-state index < -0.39 is 0 Å². The lowest BCUT2D eigenvalue weighted by Gasteiger charge is -2.30. The van der Waals surface area contributed by atoms with Gasteiger partial charge in [-0.1, -0.05) is 0 Å². The highest BCUT2D eigenvalue weighted by Crippen LogP contribution is 2.15. The quantitative estimate of drug-likeness (QED) is 0.785. The molecule has 1 aliphatic rings. The largest absolute Gasteiger partial charge is 0.381 e. The normalized spacial score (nSPS) is 16.0. The van der Waals surface area contributed by atoms with Crippen molar-refractivity contribution in [1.29, 1.82) is 5.26 Å². The van der Waals surface area contributed by atoms with E-state index in [0.29, 0.717) is 24.5 Å². The van der Waals surface area contributed by atoms with Gasteiger partial charge in [0.05, 0.1) is 5.56 Å². The maximum absolute atomic E-state index is 12.2. The van der Waals surface area contributed by atoms with Crippen LogP contribution in [0.4, 0.5) is 0 Å². The van der Waals surface area contributed by atoms with Crippen LogP contribution in [0.2, 0.25) is 0 Å². The molecule has 0 aromatic carbocycles. The predicted octanol–water partition coefficient (Wildman–Crippen LogP) is 1.20. The number of aromatic nitrogens is 1. The van der Waals surface area contributed by atoms with Gasteiger partial charge in [0, 0.05) is 32.5 Å². The number of carbonyl (C=O) groups is 1. The fourth-order valence-corrected chi connectivity index (χ4v) is 2.01. The zero-order chi connectivity index (χ0) is 13.0. The van der Waals surface area contributed by atoms with Crippen molar-refractivity contribution in [2.75, 3.05) is 20.3 Å². The number of ether oxygens (including phenoxy) is 1. The highest BCUT2D eigenvalue weighted by Gasteiger charge is 2.23. The van der Waals surface area contributed by atoms with Crippen molar-refractivity contribution in [3.05, 3.63) is 29.6 Å². The molecule has 0 atom stereocenters. The topological polar surface area (TPSA) is 66.2 Å². The van der Waals surface area contributed by atoms with Gasteiger partial charge < -0.3 is 9.64 Å². The van der Waals surface area contributed by atoms with Gasteiger partial charge >= 0.3 is 0 Å². The van der Waals surface area contributed by atoms with Gasteiger partial charge in [0.2, 0.25) is 0 Å². The number of carbonyl (C=O) groups excluding carboxylic acids is 1. The molecule has 1 fully saturated rings. The Bertz CT molecular complexity index is 458. The molecule has 0 aliphatic carbocycles. The Hall–Kier alpha value is -1.93. The Morgan fingerprint density at radius 1 is 1.50 bits per heavy atom. The third-order valence-corrected chi connectivity index (χ3v) is 3.17. The van der Waals surface area contributed by atoms with Gasteiger partial charge in [0.15, 0.2) is 0 Å². The number of nitrogens with zero attached hydrogens (tertiary/aromatic N) is 3. The summed E-state index contributed by atoms with van der Waals surface area (Å²) in [6, 6.07) is 5.40. The van der Waals surface area contributed by atoms with Crippen molar-refractivity contribution in [2.45, 2.75) is 18.9 Å². The van der Waals surface area contributed by atoms with Crippen LogP contribution in [-0.4, -0.2) is 42.1 Å². The molecule has 5 heteroatoms. The van der Waals surface area contributed by atoms with Crippen molar-refractivity contribution in [3.63, 3.8) is 0 Å². The Morgan fingerprint density at radius 3 is 2.78 bits per heavy atom. The van der Waals surface area contributed by atoms with E-state index in [9.17, 15) is 4.79 Å². The lowest BCUT2D eigenvalue weighted by atomic mass is 10.1. The summed E-state index contributed by atoms with van der Waals surface area (Å²) in [7, 11) is 1.79. The fraction of sp³-hybridized carbons (Fsp3) is 0.462. The summed E-state index contributed by atoms with van der Waals surface area (Å²) in [6.45, 7) is 1.40. The standard InChI is InChI=1S/C13H15N3O2/c1-16(11-4-6-18-7-5-11)13(17)12-3-2-10(8-14)9-15-12/h2-3,9,11H,4-7H2,1H3. The van der Waals surface area contributed by atoms with Crippen LogP contribution in [0.5, 0.6) is 0 Å². The van der Waals surface area contributed by atoms with E-state index in [1.165, 1.54) is 6.20 Å². The number of hydrogen-bond acceptors (Lipinski definition) is 4. The smallest absolute Gasteiger partial charge is 0.272 e. The fourth-order valence-electron chi connectivity index (χ4n) is 2.01. The van der Waals surface area contributed by atoms with Gasteiger partial charge in [-0.05, 0) is 25.0 Å². The number of rotatable bonds is 2. The maximum atomic E-state index is 12.2. The second kappa shape index (κ2) is 5.61. The van der Waals surface area contributed by atoms with Gasteiger partial charge in [-0.25, -0.2) is 4.98 Å². The number of nitriles is 1. The maximum Gasteiger partial charge on any atom is 0.272 e. The molecule has 1 aliphatic heterocycles. The molecule has 94 valence electrons. The van der Waals surface area contributed by atoms with Crippen LogP contribution >= 0.6 is 0 Å². The molecular formula is C13H15N3O2. The lowest BCUT2D eigenvalue weighted by molar-refractivity contribution is 0.0359. The Morgan fingerprint density at radius 2 is 2.22 bits per heavy atom. The van der Waals surface area contributed by atoms with Crippen molar-refractivity contribution in [3.8, 4) is 6.07 Å². The van der Waals surface area contributed by atoms with Crippen LogP contribution in [0, 0.1) is 11.3 Å². The van der Waals surface area contributed by atoms with E-state index in [-0.39, 0.29) is 11.9 Å². The van der Waals surface area contributed by atoms with Gasteiger partial charge in [-0.15, -0.1) is 0 Å². The Labute approximate surface area is 106 Å². The van der Waals surface area contributed by atoms with Gasteiger partial charge in [0.25, 0.3) is 5.91 Å². The molecule has 1 saturated heterocycles. The average Bonchev–Trinajstić information content (AvgIpc) is 2.47. The monoisotopic (exact) mass is 245 g/mol. The SMILES string of the molecule is CN(C(=O)c1ccc(C#N)cn1)C1CCOCC1. The minimum absolute atomic E-state index is 0.105. The summed E-state index contributed by atoms with van der Waals surface area (Å²) < 4.78 is 5.28. The predicted molar refractivity (Wildman–Crippen MR) is 64.9 cm³/mol. The van der Waals surface area contributed by atoms with Crippen LogP contribution in [0.3, 0.4) is 0 Å². The van der Waals surface area contributed by atoms with Gasteiger partial charge in [-0.3, -0.25) is 4.79 Å². The molecule has 1 aromatic heterocycles. The summed E-state index contributed by atoms with van der Waals surface area (Å²) in [5.74, 6) is -0.105. The van der Waals surface area contributed by atoms with E-state index in [1.54, 1.807) is 24.1 Å². The first-order valence-electron chi connectivity index (χ1n) is 5.93. The van der Waals surface area contributed by atoms with Crippen LogP contribution < -0.4 is 0 Å². The molecule has 1 aromatic rings.